The fourth-order valence-electron chi connectivity index (χ4n) is 4.18. The maximum atomic E-state index is 13.2. The Kier molecular flexibility index (Phi) is 4.97. The summed E-state index contributed by atoms with van der Waals surface area (Å²) < 4.78 is 1.75. The smallest absolute Gasteiger partial charge is 0.257 e. The molecule has 0 saturated carbocycles. The predicted molar refractivity (Wildman–Crippen MR) is 122 cm³/mol. The third kappa shape index (κ3) is 3.53. The first-order valence-electron chi connectivity index (χ1n) is 10.6. The summed E-state index contributed by atoms with van der Waals surface area (Å²) in [5, 5.41) is 14.5. The zero-order chi connectivity index (χ0) is 22.2. The molecule has 1 amide bonds. The highest BCUT2D eigenvalue weighted by Crippen LogP contribution is 2.28. The lowest BCUT2D eigenvalue weighted by Gasteiger charge is -2.35. The predicted octanol–water partition coefficient (Wildman–Crippen LogP) is 3.08. The number of anilines is 1. The largest absolute Gasteiger partial charge is 0.507 e. The van der Waals surface area contributed by atoms with Crippen molar-refractivity contribution in [2.24, 2.45) is 0 Å². The number of nitrogens with zero attached hydrogens (tertiary/aromatic N) is 6. The number of pyridine rings is 1. The normalized spacial score (nSPS) is 14.2. The quantitative estimate of drug-likeness (QED) is 0.540. The monoisotopic (exact) mass is 428 g/mol. The molecule has 0 aliphatic carbocycles. The summed E-state index contributed by atoms with van der Waals surface area (Å²) in [5.41, 5.74) is 3.96. The second-order valence-electron chi connectivity index (χ2n) is 8.03. The molecule has 8 nitrogen and oxygen atoms in total. The maximum Gasteiger partial charge on any atom is 0.257 e. The van der Waals surface area contributed by atoms with Crippen LogP contribution in [0, 0.1) is 13.8 Å². The first-order valence-corrected chi connectivity index (χ1v) is 10.6. The van der Waals surface area contributed by atoms with Crippen LogP contribution in [0.25, 0.3) is 16.9 Å². The van der Waals surface area contributed by atoms with Crippen molar-refractivity contribution in [3.8, 4) is 17.1 Å². The number of rotatable bonds is 3. The summed E-state index contributed by atoms with van der Waals surface area (Å²) in [4.78, 5) is 26.4. The molecule has 0 radical (unpaired) electrons. The Morgan fingerprint density at radius 3 is 2.56 bits per heavy atom. The second-order valence-corrected chi connectivity index (χ2v) is 8.03. The van der Waals surface area contributed by atoms with Crippen LogP contribution in [0.1, 0.15) is 21.6 Å². The van der Waals surface area contributed by atoms with Crippen molar-refractivity contribution in [3.63, 3.8) is 0 Å². The van der Waals surface area contributed by atoms with Gasteiger partial charge in [-0.15, -0.1) is 0 Å². The lowest BCUT2D eigenvalue weighted by atomic mass is 10.1. The van der Waals surface area contributed by atoms with Crippen LogP contribution in [0.4, 0.5) is 5.82 Å². The van der Waals surface area contributed by atoms with Gasteiger partial charge in [-0.1, -0.05) is 18.2 Å². The van der Waals surface area contributed by atoms with E-state index in [1.54, 1.807) is 22.8 Å². The van der Waals surface area contributed by atoms with Crippen LogP contribution in [-0.4, -0.2) is 61.7 Å². The summed E-state index contributed by atoms with van der Waals surface area (Å²) >= 11 is 0. The van der Waals surface area contributed by atoms with Gasteiger partial charge in [0, 0.05) is 44.1 Å². The molecule has 0 spiro atoms. The molecule has 5 rings (SSSR count). The first kappa shape index (κ1) is 20.0. The Labute approximate surface area is 185 Å². The van der Waals surface area contributed by atoms with Crippen LogP contribution in [0.5, 0.6) is 5.75 Å². The summed E-state index contributed by atoms with van der Waals surface area (Å²) in [5.74, 6) is 1.46. The van der Waals surface area contributed by atoms with Gasteiger partial charge in [-0.25, -0.2) is 14.5 Å². The Balaban J connectivity index is 1.35. The van der Waals surface area contributed by atoms with E-state index in [2.05, 4.69) is 15.0 Å². The van der Waals surface area contributed by atoms with Crippen molar-refractivity contribution < 1.29 is 9.90 Å². The molecule has 1 aliphatic heterocycles. The molecule has 1 N–H and O–H groups in total. The number of fused-ring (bicyclic) bond motifs is 1. The molecular weight excluding hydrogens is 404 g/mol. The van der Waals surface area contributed by atoms with Crippen molar-refractivity contribution in [2.75, 3.05) is 31.1 Å². The zero-order valence-electron chi connectivity index (χ0n) is 18.1. The number of para-hydroxylation sites is 1. The van der Waals surface area contributed by atoms with Crippen molar-refractivity contribution in [3.05, 3.63) is 71.7 Å². The number of piperazine rings is 1. The Bertz CT molecular complexity index is 1310. The number of aromatic nitrogens is 4. The Hall–Kier alpha value is -3.94. The van der Waals surface area contributed by atoms with E-state index < -0.39 is 0 Å². The highest BCUT2D eigenvalue weighted by atomic mass is 16.3. The van der Waals surface area contributed by atoms with Gasteiger partial charge in [0.1, 0.15) is 11.6 Å². The standard InChI is InChI=1S/C24H24N6O2/c1-16-6-5-9-30-22(16)19(15-25-30)24(32)29-12-10-28(11-13-29)21-14-17(2)26-23(27-21)18-7-3-4-8-20(18)31/h3-9,14-15,31H,10-13H2,1-2H3. The topological polar surface area (TPSA) is 86.9 Å². The van der Waals surface area contributed by atoms with Crippen molar-refractivity contribution >= 4 is 17.2 Å². The summed E-state index contributed by atoms with van der Waals surface area (Å²) in [6.45, 7) is 6.43. The van der Waals surface area contributed by atoms with E-state index in [0.717, 1.165) is 22.6 Å². The number of carbonyl (C=O) groups excluding carboxylic acids is 1. The van der Waals surface area contributed by atoms with Gasteiger partial charge in [-0.3, -0.25) is 4.79 Å². The summed E-state index contributed by atoms with van der Waals surface area (Å²) in [6, 6.07) is 12.9. The molecule has 8 heteroatoms. The van der Waals surface area contributed by atoms with Crippen LogP contribution >= 0.6 is 0 Å². The van der Waals surface area contributed by atoms with Gasteiger partial charge >= 0.3 is 0 Å². The van der Waals surface area contributed by atoms with Gasteiger partial charge in [0.05, 0.1) is 22.8 Å². The molecule has 4 heterocycles. The maximum absolute atomic E-state index is 13.2. The molecule has 1 fully saturated rings. The molecule has 162 valence electrons. The summed E-state index contributed by atoms with van der Waals surface area (Å²) in [7, 11) is 0. The number of amides is 1. The third-order valence-electron chi connectivity index (χ3n) is 5.85. The van der Waals surface area contributed by atoms with Crippen molar-refractivity contribution in [1.82, 2.24) is 24.5 Å². The van der Waals surface area contributed by atoms with E-state index in [-0.39, 0.29) is 11.7 Å². The van der Waals surface area contributed by atoms with Crippen LogP contribution in [0.3, 0.4) is 0 Å². The fourth-order valence-corrected chi connectivity index (χ4v) is 4.18. The van der Waals surface area contributed by atoms with E-state index in [1.165, 1.54) is 0 Å². The van der Waals surface area contributed by atoms with Crippen LogP contribution in [0.15, 0.2) is 54.9 Å². The van der Waals surface area contributed by atoms with Gasteiger partial charge in [0.15, 0.2) is 5.82 Å². The second kappa shape index (κ2) is 7.96. The van der Waals surface area contributed by atoms with Gasteiger partial charge in [0.2, 0.25) is 0 Å². The fraction of sp³-hybridized carbons (Fsp3) is 0.250. The van der Waals surface area contributed by atoms with Crippen LogP contribution < -0.4 is 4.90 Å². The molecule has 3 aromatic heterocycles. The summed E-state index contributed by atoms with van der Waals surface area (Å²) in [6.07, 6.45) is 3.51. The van der Waals surface area contributed by atoms with Crippen LogP contribution in [0.2, 0.25) is 0 Å². The molecule has 0 atom stereocenters. The van der Waals surface area contributed by atoms with Gasteiger partial charge < -0.3 is 14.9 Å². The van der Waals surface area contributed by atoms with Crippen molar-refractivity contribution in [2.45, 2.75) is 13.8 Å². The molecule has 0 unspecified atom stereocenters. The first-order chi connectivity index (χ1) is 15.5. The number of hydrogen-bond acceptors (Lipinski definition) is 6. The Morgan fingerprint density at radius 1 is 1.00 bits per heavy atom. The lowest BCUT2D eigenvalue weighted by Crippen LogP contribution is -2.49. The molecule has 1 aliphatic rings. The SMILES string of the molecule is Cc1cc(N2CCN(C(=O)c3cnn4cccc(C)c34)CC2)nc(-c2ccccc2O)n1. The number of aromatic hydroxyl groups is 1. The highest BCUT2D eigenvalue weighted by molar-refractivity contribution is 6.01. The van der Waals surface area contributed by atoms with Gasteiger partial charge in [-0.05, 0) is 37.6 Å². The number of phenolic OH excluding ortho intramolecular Hbond substituents is 1. The average Bonchev–Trinajstić information content (AvgIpc) is 3.24. The minimum Gasteiger partial charge on any atom is -0.507 e. The van der Waals surface area contributed by atoms with Crippen molar-refractivity contribution in [1.29, 1.82) is 0 Å². The van der Waals surface area contributed by atoms with E-state index in [4.69, 9.17) is 4.98 Å². The van der Waals surface area contributed by atoms with E-state index in [1.807, 2.05) is 55.3 Å². The van der Waals surface area contributed by atoms with Crippen LogP contribution in [-0.2, 0) is 0 Å². The number of hydrogen-bond donors (Lipinski definition) is 1. The lowest BCUT2D eigenvalue weighted by molar-refractivity contribution is 0.0748. The molecule has 32 heavy (non-hydrogen) atoms. The molecule has 1 saturated heterocycles. The number of carbonyl (C=O) groups is 1. The Morgan fingerprint density at radius 2 is 1.78 bits per heavy atom. The highest BCUT2D eigenvalue weighted by Gasteiger charge is 2.26. The zero-order valence-corrected chi connectivity index (χ0v) is 18.1. The molecule has 0 bridgehead atoms. The number of aryl methyl sites for hydroxylation is 2. The number of benzene rings is 1. The third-order valence-corrected chi connectivity index (χ3v) is 5.85. The van der Waals surface area contributed by atoms with E-state index in [0.29, 0.717) is 43.1 Å². The molecule has 1 aromatic carbocycles. The van der Waals surface area contributed by atoms with E-state index >= 15 is 0 Å². The van der Waals surface area contributed by atoms with Gasteiger partial charge in [-0.2, -0.15) is 5.10 Å². The molecular formula is C24H24N6O2. The molecule has 4 aromatic rings. The van der Waals surface area contributed by atoms with E-state index in [9.17, 15) is 9.90 Å². The van der Waals surface area contributed by atoms with Gasteiger partial charge in [0.25, 0.3) is 5.91 Å². The minimum absolute atomic E-state index is 0.00251. The average molecular weight is 428 g/mol. The minimum atomic E-state index is 0.00251. The number of phenols is 1.